The van der Waals surface area contributed by atoms with E-state index in [0.29, 0.717) is 26.1 Å². The van der Waals surface area contributed by atoms with Crippen LogP contribution in [0.15, 0.2) is 25.3 Å². The van der Waals surface area contributed by atoms with E-state index in [9.17, 15) is 19.5 Å². The minimum Gasteiger partial charge on any atom is -0.394 e. The Morgan fingerprint density at radius 3 is 2.32 bits per heavy atom. The molecule has 0 aromatic heterocycles. The zero-order valence-corrected chi connectivity index (χ0v) is 25.1. The maximum Gasteiger partial charge on any atom is 0.247 e. The second-order valence-electron chi connectivity index (χ2n) is 12.0. The molecule has 3 heterocycles. The van der Waals surface area contributed by atoms with E-state index in [1.807, 2.05) is 30.6 Å². The number of amides is 3. The molecule has 0 radical (unpaired) electrons. The average Bonchev–Trinajstić information content (AvgIpc) is 3.43. The minimum absolute atomic E-state index is 0.00576. The molecule has 8 heteroatoms. The van der Waals surface area contributed by atoms with E-state index in [2.05, 4.69) is 33.9 Å². The fourth-order valence-electron chi connectivity index (χ4n) is 7.27. The maximum atomic E-state index is 14.6. The second kappa shape index (κ2) is 12.2. The third-order valence-electron chi connectivity index (χ3n) is 9.03. The largest absolute Gasteiger partial charge is 0.394 e. The van der Waals surface area contributed by atoms with Crippen molar-refractivity contribution in [2.75, 3.05) is 26.2 Å². The van der Waals surface area contributed by atoms with Gasteiger partial charge in [-0.1, -0.05) is 46.3 Å². The summed E-state index contributed by atoms with van der Waals surface area (Å²) in [5.41, 5.74) is 0. The van der Waals surface area contributed by atoms with E-state index >= 15 is 0 Å². The van der Waals surface area contributed by atoms with Crippen molar-refractivity contribution in [1.82, 2.24) is 14.7 Å². The average molecular weight is 548 g/mol. The summed E-state index contributed by atoms with van der Waals surface area (Å²) in [6, 6.07) is -1.22. The molecule has 3 rings (SSSR count). The Labute approximate surface area is 234 Å². The first-order valence-electron chi connectivity index (χ1n) is 14.4. The Bertz CT molecular complexity index is 925. The SMILES string of the molecule is C=CCN(CCC)C(=O)[C@H]1[C@H]2C(=O)N([C@@H](CO)C(C)C)C(C(=O)N(CC=C)C(C)CCC)C23CC[C@]1(C)S3. The normalized spacial score (nSPS) is 31.3. The number of thioether (sulfide) groups is 1. The quantitative estimate of drug-likeness (QED) is 0.331. The molecule has 1 N–H and O–H groups in total. The highest BCUT2D eigenvalue weighted by Gasteiger charge is 2.78. The van der Waals surface area contributed by atoms with E-state index in [4.69, 9.17) is 0 Å². The van der Waals surface area contributed by atoms with Crippen molar-refractivity contribution in [3.63, 3.8) is 0 Å². The van der Waals surface area contributed by atoms with Crippen molar-refractivity contribution in [1.29, 1.82) is 0 Å². The van der Waals surface area contributed by atoms with Gasteiger partial charge < -0.3 is 19.8 Å². The molecule has 3 aliphatic heterocycles. The van der Waals surface area contributed by atoms with Gasteiger partial charge >= 0.3 is 0 Å². The van der Waals surface area contributed by atoms with E-state index in [1.165, 1.54) is 0 Å². The highest BCUT2D eigenvalue weighted by atomic mass is 32.2. The van der Waals surface area contributed by atoms with Crippen LogP contribution in [-0.2, 0) is 14.4 Å². The highest BCUT2D eigenvalue weighted by Crippen LogP contribution is 2.72. The number of fused-ring (bicyclic) bond motifs is 1. The molecule has 0 aliphatic carbocycles. The molecule has 0 aromatic carbocycles. The van der Waals surface area contributed by atoms with Crippen LogP contribution in [0.1, 0.15) is 73.6 Å². The summed E-state index contributed by atoms with van der Waals surface area (Å²) in [4.78, 5) is 48.6. The lowest BCUT2D eigenvalue weighted by atomic mass is 9.66. The van der Waals surface area contributed by atoms with Gasteiger partial charge in [-0.15, -0.1) is 24.9 Å². The van der Waals surface area contributed by atoms with Gasteiger partial charge in [0.25, 0.3) is 0 Å². The molecule has 7 atom stereocenters. The Kier molecular flexibility index (Phi) is 9.83. The Morgan fingerprint density at radius 2 is 1.79 bits per heavy atom. The summed E-state index contributed by atoms with van der Waals surface area (Å²) in [6.45, 7) is 21.2. The van der Waals surface area contributed by atoms with Crippen molar-refractivity contribution in [2.24, 2.45) is 17.8 Å². The monoisotopic (exact) mass is 547 g/mol. The number of nitrogens with zero attached hydrogens (tertiary/aromatic N) is 3. The fourth-order valence-corrected chi connectivity index (χ4v) is 9.60. The first-order chi connectivity index (χ1) is 18.0. The van der Waals surface area contributed by atoms with E-state index in [1.54, 1.807) is 28.8 Å². The zero-order valence-electron chi connectivity index (χ0n) is 24.3. The number of rotatable bonds is 14. The van der Waals surface area contributed by atoms with Crippen molar-refractivity contribution >= 4 is 29.5 Å². The van der Waals surface area contributed by atoms with Gasteiger partial charge in [-0.2, -0.15) is 0 Å². The first kappa shape index (κ1) is 30.7. The first-order valence-corrected chi connectivity index (χ1v) is 15.2. The van der Waals surface area contributed by atoms with Crippen LogP contribution in [0.4, 0.5) is 0 Å². The summed E-state index contributed by atoms with van der Waals surface area (Å²) in [7, 11) is 0. The number of carbonyl (C=O) groups is 3. The molecule has 3 unspecified atom stereocenters. The second-order valence-corrected chi connectivity index (χ2v) is 13.9. The Morgan fingerprint density at radius 1 is 1.13 bits per heavy atom. The molecular weight excluding hydrogens is 498 g/mol. The van der Waals surface area contributed by atoms with Crippen LogP contribution in [0, 0.1) is 17.8 Å². The van der Waals surface area contributed by atoms with Crippen LogP contribution in [0.2, 0.25) is 0 Å². The molecular formula is C30H49N3O4S. The van der Waals surface area contributed by atoms with Gasteiger partial charge in [-0.25, -0.2) is 0 Å². The molecule has 214 valence electrons. The molecule has 3 amide bonds. The predicted molar refractivity (Wildman–Crippen MR) is 155 cm³/mol. The summed E-state index contributed by atoms with van der Waals surface area (Å²) in [5, 5.41) is 10.5. The van der Waals surface area contributed by atoms with E-state index in [-0.39, 0.29) is 36.3 Å². The van der Waals surface area contributed by atoms with Crippen molar-refractivity contribution in [2.45, 2.75) is 101 Å². The Balaban J connectivity index is 2.16. The lowest BCUT2D eigenvalue weighted by Crippen LogP contribution is -2.59. The molecule has 38 heavy (non-hydrogen) atoms. The lowest BCUT2D eigenvalue weighted by molar-refractivity contribution is -0.149. The van der Waals surface area contributed by atoms with Crippen molar-refractivity contribution < 1.29 is 19.5 Å². The van der Waals surface area contributed by atoms with Crippen molar-refractivity contribution in [3.8, 4) is 0 Å². The number of aliphatic hydroxyl groups is 1. The van der Waals surface area contributed by atoms with Gasteiger partial charge in [0, 0.05) is 30.4 Å². The minimum atomic E-state index is -0.720. The number of likely N-dealkylation sites (tertiary alicyclic amines) is 1. The highest BCUT2D eigenvalue weighted by molar-refractivity contribution is 8.02. The zero-order chi connectivity index (χ0) is 28.4. The van der Waals surface area contributed by atoms with Crippen LogP contribution in [0.5, 0.6) is 0 Å². The van der Waals surface area contributed by atoms with Gasteiger partial charge in [0.2, 0.25) is 17.7 Å². The fraction of sp³-hybridized carbons (Fsp3) is 0.767. The molecule has 0 aromatic rings. The molecule has 1 spiro atoms. The van der Waals surface area contributed by atoms with Crippen molar-refractivity contribution in [3.05, 3.63) is 25.3 Å². The van der Waals surface area contributed by atoms with Gasteiger partial charge in [-0.05, 0) is 45.4 Å². The van der Waals surface area contributed by atoms with E-state index in [0.717, 1.165) is 25.7 Å². The van der Waals surface area contributed by atoms with Crippen LogP contribution >= 0.6 is 11.8 Å². The number of hydrogen-bond acceptors (Lipinski definition) is 5. The van der Waals surface area contributed by atoms with Crippen LogP contribution < -0.4 is 0 Å². The third kappa shape index (κ3) is 4.96. The molecule has 3 fully saturated rings. The summed E-state index contributed by atoms with van der Waals surface area (Å²) >= 11 is 1.70. The molecule has 3 aliphatic rings. The topological polar surface area (TPSA) is 81.2 Å². The summed E-state index contributed by atoms with van der Waals surface area (Å²) in [6.07, 6.45) is 7.58. The van der Waals surface area contributed by atoms with Gasteiger partial charge in [0.05, 0.1) is 29.2 Å². The number of aliphatic hydroxyl groups excluding tert-OH is 1. The van der Waals surface area contributed by atoms with Gasteiger partial charge in [-0.3, -0.25) is 14.4 Å². The molecule has 0 saturated carbocycles. The van der Waals surface area contributed by atoms with Crippen LogP contribution in [0.3, 0.4) is 0 Å². The third-order valence-corrected chi connectivity index (χ3v) is 11.0. The number of carbonyl (C=O) groups excluding carboxylic acids is 3. The molecule has 7 nitrogen and oxygen atoms in total. The van der Waals surface area contributed by atoms with E-state index < -0.39 is 33.4 Å². The summed E-state index contributed by atoms with van der Waals surface area (Å²) in [5.74, 6) is -1.38. The van der Waals surface area contributed by atoms with Crippen LogP contribution in [-0.4, -0.2) is 91.4 Å². The maximum absolute atomic E-state index is 14.6. The smallest absolute Gasteiger partial charge is 0.247 e. The lowest BCUT2D eigenvalue weighted by Gasteiger charge is -2.42. The van der Waals surface area contributed by atoms with Gasteiger partial charge in [0.1, 0.15) is 6.04 Å². The number of hydrogen-bond donors (Lipinski definition) is 1. The predicted octanol–water partition coefficient (Wildman–Crippen LogP) is 4.11. The van der Waals surface area contributed by atoms with Gasteiger partial charge in [0.15, 0.2) is 0 Å². The standard InChI is InChI=1S/C30H49N3O4S/c1-9-13-21(7)32(18-12-4)28(37)25-30-15-14-29(8,38-30)23(26(35)31(16-10-2)17-11-3)24(30)27(36)33(25)22(19-34)20(5)6/h10,12,20-25,34H,2,4,9,11,13-19H2,1,3,5-8H3/t21?,22-,23+,24-,25?,29-,30?/m0/s1. The molecule has 3 saturated heterocycles. The Hall–Kier alpha value is -1.80. The van der Waals surface area contributed by atoms with Crippen LogP contribution in [0.25, 0.3) is 0 Å². The molecule has 2 bridgehead atoms. The summed E-state index contributed by atoms with van der Waals surface area (Å²) < 4.78 is -1.11.